The van der Waals surface area contributed by atoms with Gasteiger partial charge >= 0.3 is 0 Å². The van der Waals surface area contributed by atoms with E-state index in [2.05, 4.69) is 28.9 Å². The van der Waals surface area contributed by atoms with Crippen molar-refractivity contribution in [2.45, 2.75) is 24.9 Å². The molecule has 1 aliphatic carbocycles. The highest BCUT2D eigenvalue weighted by atomic mass is 35.5. The Morgan fingerprint density at radius 2 is 2.17 bits per heavy atom. The Balaban J connectivity index is 1.86. The Morgan fingerprint density at radius 1 is 1.39 bits per heavy atom. The third-order valence-corrected chi connectivity index (χ3v) is 4.55. The first kappa shape index (κ1) is 12.5. The van der Waals surface area contributed by atoms with Crippen molar-refractivity contribution in [3.63, 3.8) is 0 Å². The number of fused-ring (bicyclic) bond motifs is 1. The van der Waals surface area contributed by atoms with Gasteiger partial charge in [0.2, 0.25) is 0 Å². The molecule has 0 N–H and O–H groups in total. The maximum Gasteiger partial charge on any atom is 0.147 e. The fourth-order valence-corrected chi connectivity index (χ4v) is 3.36. The third kappa shape index (κ3) is 2.20. The Hall–Kier alpha value is -0.510. The standard InChI is InChI=1S/C13H17Cl2N3/c1-17(2)7-10-3-8-4-12(8)18(10)9-5-11(14)13(15)16-6-9/h5-6,8,10,12H,3-4,7H2,1-2H3. The van der Waals surface area contributed by atoms with Crippen LogP contribution in [0.15, 0.2) is 12.3 Å². The molecule has 98 valence electrons. The molecule has 0 aromatic carbocycles. The molecule has 1 aromatic rings. The summed E-state index contributed by atoms with van der Waals surface area (Å²) in [5.74, 6) is 0.865. The zero-order chi connectivity index (χ0) is 12.9. The van der Waals surface area contributed by atoms with E-state index in [-0.39, 0.29) is 0 Å². The van der Waals surface area contributed by atoms with E-state index in [1.54, 1.807) is 0 Å². The van der Waals surface area contributed by atoms with Crippen molar-refractivity contribution in [1.29, 1.82) is 0 Å². The molecule has 1 saturated carbocycles. The minimum Gasteiger partial charge on any atom is -0.363 e. The normalized spacial score (nSPS) is 29.8. The maximum atomic E-state index is 6.08. The monoisotopic (exact) mass is 285 g/mol. The van der Waals surface area contributed by atoms with E-state index in [0.717, 1.165) is 18.2 Å². The zero-order valence-electron chi connectivity index (χ0n) is 10.6. The van der Waals surface area contributed by atoms with Gasteiger partial charge in [0.05, 0.1) is 16.9 Å². The maximum absolute atomic E-state index is 6.08. The van der Waals surface area contributed by atoms with Gasteiger partial charge in [0.25, 0.3) is 0 Å². The highest BCUT2D eigenvalue weighted by Crippen LogP contribution is 2.50. The van der Waals surface area contributed by atoms with E-state index >= 15 is 0 Å². The largest absolute Gasteiger partial charge is 0.363 e. The minimum atomic E-state index is 0.385. The SMILES string of the molecule is CN(C)CC1CC2CC2N1c1cnc(Cl)c(Cl)c1. The van der Waals surface area contributed by atoms with E-state index in [1.165, 1.54) is 12.8 Å². The fourth-order valence-electron chi connectivity index (χ4n) is 3.10. The first-order valence-corrected chi connectivity index (χ1v) is 7.06. The number of hydrogen-bond donors (Lipinski definition) is 0. The highest BCUT2D eigenvalue weighted by molar-refractivity contribution is 6.41. The number of rotatable bonds is 3. The number of halogens is 2. The van der Waals surface area contributed by atoms with Gasteiger partial charge in [-0.05, 0) is 38.9 Å². The quantitative estimate of drug-likeness (QED) is 0.796. The number of anilines is 1. The van der Waals surface area contributed by atoms with Gasteiger partial charge in [-0.25, -0.2) is 4.98 Å². The molecule has 3 rings (SSSR count). The van der Waals surface area contributed by atoms with Crippen LogP contribution >= 0.6 is 23.2 Å². The number of pyridine rings is 1. The van der Waals surface area contributed by atoms with Crippen molar-refractivity contribution in [2.24, 2.45) is 5.92 Å². The summed E-state index contributed by atoms with van der Waals surface area (Å²) in [6.45, 7) is 1.08. The lowest BCUT2D eigenvalue weighted by molar-refractivity contribution is 0.361. The summed E-state index contributed by atoms with van der Waals surface area (Å²) in [6, 6.07) is 3.21. The number of nitrogens with zero attached hydrogens (tertiary/aromatic N) is 3. The summed E-state index contributed by atoms with van der Waals surface area (Å²) in [7, 11) is 4.24. The van der Waals surface area contributed by atoms with Crippen molar-refractivity contribution in [1.82, 2.24) is 9.88 Å². The average Bonchev–Trinajstić information content (AvgIpc) is 2.95. The van der Waals surface area contributed by atoms with Gasteiger partial charge in [0, 0.05) is 18.6 Å². The van der Waals surface area contributed by atoms with Crippen molar-refractivity contribution < 1.29 is 0 Å². The van der Waals surface area contributed by atoms with Crippen LogP contribution in [0.2, 0.25) is 10.2 Å². The molecule has 0 bridgehead atoms. The molecule has 1 saturated heterocycles. The molecule has 0 radical (unpaired) electrons. The van der Waals surface area contributed by atoms with Crippen LogP contribution in [0.1, 0.15) is 12.8 Å². The van der Waals surface area contributed by atoms with Gasteiger partial charge in [0.1, 0.15) is 5.15 Å². The molecule has 0 amide bonds. The van der Waals surface area contributed by atoms with Crippen LogP contribution in [-0.2, 0) is 0 Å². The fraction of sp³-hybridized carbons (Fsp3) is 0.615. The Kier molecular flexibility index (Phi) is 3.16. The molecule has 3 unspecified atom stereocenters. The summed E-state index contributed by atoms with van der Waals surface area (Å²) in [5, 5.41) is 0.929. The first-order chi connectivity index (χ1) is 8.56. The molecular formula is C13H17Cl2N3. The molecule has 2 fully saturated rings. The Bertz CT molecular complexity index is 464. The summed E-state index contributed by atoms with van der Waals surface area (Å²) < 4.78 is 0. The predicted octanol–water partition coefficient (Wildman–Crippen LogP) is 2.92. The van der Waals surface area contributed by atoms with Crippen molar-refractivity contribution in [3.8, 4) is 0 Å². The minimum absolute atomic E-state index is 0.385. The van der Waals surface area contributed by atoms with E-state index in [0.29, 0.717) is 22.3 Å². The van der Waals surface area contributed by atoms with Gasteiger partial charge in [-0.1, -0.05) is 23.2 Å². The summed E-state index contributed by atoms with van der Waals surface area (Å²) in [4.78, 5) is 8.90. The summed E-state index contributed by atoms with van der Waals surface area (Å²) in [6.07, 6.45) is 4.44. The molecule has 18 heavy (non-hydrogen) atoms. The molecular weight excluding hydrogens is 269 g/mol. The van der Waals surface area contributed by atoms with Crippen molar-refractivity contribution in [3.05, 3.63) is 22.4 Å². The highest BCUT2D eigenvalue weighted by Gasteiger charge is 2.52. The molecule has 3 atom stereocenters. The van der Waals surface area contributed by atoms with Gasteiger partial charge in [0.15, 0.2) is 0 Å². The molecule has 5 heteroatoms. The molecule has 1 aliphatic heterocycles. The number of likely N-dealkylation sites (N-methyl/N-ethyl adjacent to an activating group) is 1. The van der Waals surface area contributed by atoms with Crippen LogP contribution in [0.25, 0.3) is 0 Å². The van der Waals surface area contributed by atoms with E-state index in [1.807, 2.05) is 12.3 Å². The lowest BCUT2D eigenvalue weighted by Crippen LogP contribution is -2.40. The average molecular weight is 286 g/mol. The van der Waals surface area contributed by atoms with E-state index in [9.17, 15) is 0 Å². The smallest absolute Gasteiger partial charge is 0.147 e. The van der Waals surface area contributed by atoms with Crippen LogP contribution in [-0.4, -0.2) is 42.6 Å². The van der Waals surface area contributed by atoms with E-state index < -0.39 is 0 Å². The van der Waals surface area contributed by atoms with E-state index in [4.69, 9.17) is 23.2 Å². The second kappa shape index (κ2) is 4.55. The molecule has 2 aliphatic rings. The molecule has 0 spiro atoms. The number of piperidine rings is 1. The van der Waals surface area contributed by atoms with Crippen LogP contribution in [0, 0.1) is 5.92 Å². The predicted molar refractivity (Wildman–Crippen MR) is 75.6 cm³/mol. The lowest BCUT2D eigenvalue weighted by Gasteiger charge is -2.31. The third-order valence-electron chi connectivity index (χ3n) is 3.87. The topological polar surface area (TPSA) is 19.4 Å². The first-order valence-electron chi connectivity index (χ1n) is 6.30. The number of aromatic nitrogens is 1. The van der Waals surface area contributed by atoms with Crippen LogP contribution in [0.4, 0.5) is 5.69 Å². The van der Waals surface area contributed by atoms with Crippen molar-refractivity contribution in [2.75, 3.05) is 25.5 Å². The number of hydrogen-bond acceptors (Lipinski definition) is 3. The van der Waals surface area contributed by atoms with Gasteiger partial charge in [-0.3, -0.25) is 0 Å². The molecule has 1 aromatic heterocycles. The summed E-state index contributed by atoms with van der Waals surface area (Å²) >= 11 is 12.0. The van der Waals surface area contributed by atoms with Crippen molar-refractivity contribution >= 4 is 28.9 Å². The molecule has 3 nitrogen and oxygen atoms in total. The van der Waals surface area contributed by atoms with Crippen LogP contribution in [0.3, 0.4) is 0 Å². The van der Waals surface area contributed by atoms with Crippen LogP contribution < -0.4 is 4.90 Å². The Labute approximate surface area is 118 Å². The second-order valence-electron chi connectivity index (χ2n) is 5.59. The van der Waals surface area contributed by atoms with Gasteiger partial charge < -0.3 is 9.80 Å². The van der Waals surface area contributed by atoms with Crippen LogP contribution in [0.5, 0.6) is 0 Å². The Morgan fingerprint density at radius 3 is 2.83 bits per heavy atom. The zero-order valence-corrected chi connectivity index (χ0v) is 12.1. The molecule has 2 heterocycles. The van der Waals surface area contributed by atoms with Gasteiger partial charge in [-0.15, -0.1) is 0 Å². The van der Waals surface area contributed by atoms with Gasteiger partial charge in [-0.2, -0.15) is 0 Å². The second-order valence-corrected chi connectivity index (χ2v) is 6.35. The lowest BCUT2D eigenvalue weighted by atomic mass is 10.1. The summed E-state index contributed by atoms with van der Waals surface area (Å²) in [5.41, 5.74) is 1.11.